The van der Waals surface area contributed by atoms with E-state index in [1.807, 2.05) is 6.92 Å². The predicted octanol–water partition coefficient (Wildman–Crippen LogP) is -0.402. The van der Waals surface area contributed by atoms with Crippen molar-refractivity contribution >= 4 is 17.6 Å². The molecule has 2 aromatic heterocycles. The van der Waals surface area contributed by atoms with Crippen molar-refractivity contribution in [1.82, 2.24) is 25.1 Å². The van der Waals surface area contributed by atoms with E-state index in [9.17, 15) is 14.4 Å². The van der Waals surface area contributed by atoms with Gasteiger partial charge in [0.15, 0.2) is 0 Å². The molecule has 0 aliphatic rings. The van der Waals surface area contributed by atoms with Crippen molar-refractivity contribution in [2.24, 2.45) is 0 Å². The van der Waals surface area contributed by atoms with Crippen molar-refractivity contribution in [3.05, 3.63) is 40.2 Å². The standard InChI is InChI=1S/C12H14N6O3/c1-3-18-10(7(4-16-18)11(20)13-2)17-12(21)8-5-15-9(19)6-14-8/h4-6H,3H2,1-2H3,(H,13,20)(H,15,19)(H,17,21). The van der Waals surface area contributed by atoms with E-state index in [4.69, 9.17) is 0 Å². The number of amides is 2. The van der Waals surface area contributed by atoms with Crippen LogP contribution in [0.1, 0.15) is 27.8 Å². The highest BCUT2D eigenvalue weighted by atomic mass is 16.2. The van der Waals surface area contributed by atoms with Gasteiger partial charge in [-0.25, -0.2) is 9.67 Å². The van der Waals surface area contributed by atoms with Crippen LogP contribution in [0.25, 0.3) is 0 Å². The fourth-order valence-corrected chi connectivity index (χ4v) is 1.70. The zero-order valence-electron chi connectivity index (χ0n) is 11.5. The Morgan fingerprint density at radius 1 is 1.33 bits per heavy atom. The molecule has 0 unspecified atom stereocenters. The largest absolute Gasteiger partial charge is 0.355 e. The summed E-state index contributed by atoms with van der Waals surface area (Å²) in [5, 5.41) is 9.08. The molecule has 0 aliphatic heterocycles. The van der Waals surface area contributed by atoms with Crippen LogP contribution in [0.15, 0.2) is 23.4 Å². The fourth-order valence-electron chi connectivity index (χ4n) is 1.70. The van der Waals surface area contributed by atoms with Crippen LogP contribution in [0.4, 0.5) is 5.82 Å². The van der Waals surface area contributed by atoms with Gasteiger partial charge in [0, 0.05) is 19.8 Å². The Morgan fingerprint density at radius 3 is 2.67 bits per heavy atom. The number of anilines is 1. The second-order valence-corrected chi connectivity index (χ2v) is 4.05. The number of rotatable bonds is 4. The molecule has 9 heteroatoms. The highest BCUT2D eigenvalue weighted by Gasteiger charge is 2.19. The second-order valence-electron chi connectivity index (χ2n) is 4.05. The molecule has 2 heterocycles. The van der Waals surface area contributed by atoms with Crippen molar-refractivity contribution < 1.29 is 9.59 Å². The van der Waals surface area contributed by atoms with E-state index in [2.05, 4.69) is 25.7 Å². The Bertz CT molecular complexity index is 712. The van der Waals surface area contributed by atoms with E-state index in [0.717, 1.165) is 6.20 Å². The third-order valence-corrected chi connectivity index (χ3v) is 2.75. The van der Waals surface area contributed by atoms with Crippen LogP contribution in [0.3, 0.4) is 0 Å². The normalized spacial score (nSPS) is 10.2. The average Bonchev–Trinajstić information content (AvgIpc) is 2.89. The van der Waals surface area contributed by atoms with Crippen LogP contribution in [0, 0.1) is 0 Å². The maximum atomic E-state index is 12.1. The summed E-state index contributed by atoms with van der Waals surface area (Å²) in [6.07, 6.45) is 3.58. The Kier molecular flexibility index (Phi) is 4.12. The highest BCUT2D eigenvalue weighted by molar-refractivity contribution is 6.07. The highest BCUT2D eigenvalue weighted by Crippen LogP contribution is 2.16. The molecule has 0 aromatic carbocycles. The number of carbonyl (C=O) groups excluding carboxylic acids is 2. The number of aromatic amines is 1. The Balaban J connectivity index is 2.31. The lowest BCUT2D eigenvalue weighted by Crippen LogP contribution is -2.23. The van der Waals surface area contributed by atoms with E-state index in [1.54, 1.807) is 0 Å². The quantitative estimate of drug-likeness (QED) is 0.707. The molecule has 3 N–H and O–H groups in total. The van der Waals surface area contributed by atoms with Gasteiger partial charge in [-0.1, -0.05) is 0 Å². The smallest absolute Gasteiger partial charge is 0.276 e. The van der Waals surface area contributed by atoms with Gasteiger partial charge in [-0.2, -0.15) is 5.10 Å². The van der Waals surface area contributed by atoms with Gasteiger partial charge >= 0.3 is 0 Å². The summed E-state index contributed by atoms with van der Waals surface area (Å²) in [6.45, 7) is 2.31. The summed E-state index contributed by atoms with van der Waals surface area (Å²) in [5.41, 5.74) is -0.130. The van der Waals surface area contributed by atoms with Crippen molar-refractivity contribution in [2.75, 3.05) is 12.4 Å². The summed E-state index contributed by atoms with van der Waals surface area (Å²) < 4.78 is 1.48. The lowest BCUT2D eigenvalue weighted by Gasteiger charge is -2.08. The van der Waals surface area contributed by atoms with E-state index >= 15 is 0 Å². The molecule has 2 amide bonds. The number of hydrogen-bond acceptors (Lipinski definition) is 5. The summed E-state index contributed by atoms with van der Waals surface area (Å²) >= 11 is 0. The van der Waals surface area contributed by atoms with Gasteiger partial charge in [0.1, 0.15) is 17.1 Å². The van der Waals surface area contributed by atoms with E-state index in [1.165, 1.54) is 24.1 Å². The van der Waals surface area contributed by atoms with Gasteiger partial charge < -0.3 is 15.6 Å². The zero-order valence-corrected chi connectivity index (χ0v) is 11.5. The number of H-pyrrole nitrogens is 1. The molecule has 0 atom stereocenters. The third-order valence-electron chi connectivity index (χ3n) is 2.75. The molecule has 0 saturated heterocycles. The number of carbonyl (C=O) groups is 2. The van der Waals surface area contributed by atoms with Crippen LogP contribution in [0.5, 0.6) is 0 Å². The first kappa shape index (κ1) is 14.4. The molecular formula is C12H14N6O3. The third kappa shape index (κ3) is 2.96. The summed E-state index contributed by atoms with van der Waals surface area (Å²) in [6, 6.07) is 0. The molecule has 0 saturated carbocycles. The fraction of sp³-hybridized carbons (Fsp3) is 0.250. The molecule has 21 heavy (non-hydrogen) atoms. The Hall–Kier alpha value is -2.97. The molecule has 2 aromatic rings. The zero-order chi connectivity index (χ0) is 15.4. The Morgan fingerprint density at radius 2 is 2.10 bits per heavy atom. The maximum absolute atomic E-state index is 12.1. The number of hydrogen-bond donors (Lipinski definition) is 3. The number of aromatic nitrogens is 4. The molecule has 110 valence electrons. The van der Waals surface area contributed by atoms with Gasteiger partial charge in [0.2, 0.25) is 0 Å². The number of aryl methyl sites for hydroxylation is 1. The first-order valence-electron chi connectivity index (χ1n) is 6.20. The lowest BCUT2D eigenvalue weighted by atomic mass is 10.3. The minimum absolute atomic E-state index is 0.0290. The van der Waals surface area contributed by atoms with Gasteiger partial charge in [-0.05, 0) is 6.92 Å². The minimum Gasteiger partial charge on any atom is -0.355 e. The molecule has 0 bridgehead atoms. The van der Waals surface area contributed by atoms with Gasteiger partial charge in [0.25, 0.3) is 17.4 Å². The molecule has 0 spiro atoms. The minimum atomic E-state index is -0.549. The number of nitrogens with one attached hydrogen (secondary N) is 3. The molecule has 0 fully saturated rings. The van der Waals surface area contributed by atoms with Crippen molar-refractivity contribution in [2.45, 2.75) is 13.5 Å². The van der Waals surface area contributed by atoms with E-state index in [0.29, 0.717) is 6.54 Å². The molecular weight excluding hydrogens is 276 g/mol. The average molecular weight is 290 g/mol. The maximum Gasteiger partial charge on any atom is 0.276 e. The first-order valence-corrected chi connectivity index (χ1v) is 6.20. The van der Waals surface area contributed by atoms with Crippen LogP contribution in [-0.4, -0.2) is 38.6 Å². The SMILES string of the molecule is CCn1ncc(C(=O)NC)c1NC(=O)c1c[nH]c(=O)cn1. The van der Waals surface area contributed by atoms with Crippen LogP contribution >= 0.6 is 0 Å². The Labute approximate surface area is 119 Å². The molecule has 9 nitrogen and oxygen atoms in total. The first-order chi connectivity index (χ1) is 10.1. The second kappa shape index (κ2) is 5.99. The summed E-state index contributed by atoms with van der Waals surface area (Å²) in [7, 11) is 1.49. The predicted molar refractivity (Wildman–Crippen MR) is 74.1 cm³/mol. The van der Waals surface area contributed by atoms with E-state index < -0.39 is 11.5 Å². The topological polar surface area (TPSA) is 122 Å². The van der Waals surface area contributed by atoms with Gasteiger partial charge in [0.05, 0.1) is 12.4 Å². The van der Waals surface area contributed by atoms with Crippen LogP contribution < -0.4 is 16.2 Å². The van der Waals surface area contributed by atoms with Crippen LogP contribution in [-0.2, 0) is 6.54 Å². The van der Waals surface area contributed by atoms with Crippen LogP contribution in [0.2, 0.25) is 0 Å². The number of nitrogens with zero attached hydrogens (tertiary/aromatic N) is 3. The molecule has 0 aliphatic carbocycles. The summed E-state index contributed by atoms with van der Waals surface area (Å²) in [4.78, 5) is 40.8. The van der Waals surface area contributed by atoms with Crippen molar-refractivity contribution in [1.29, 1.82) is 0 Å². The van der Waals surface area contributed by atoms with Crippen molar-refractivity contribution in [3.8, 4) is 0 Å². The van der Waals surface area contributed by atoms with Gasteiger partial charge in [-0.3, -0.25) is 14.4 Å². The van der Waals surface area contributed by atoms with Gasteiger partial charge in [-0.15, -0.1) is 0 Å². The van der Waals surface area contributed by atoms with Crippen molar-refractivity contribution in [3.63, 3.8) is 0 Å². The lowest BCUT2D eigenvalue weighted by molar-refractivity contribution is 0.0964. The monoisotopic (exact) mass is 290 g/mol. The summed E-state index contributed by atoms with van der Waals surface area (Å²) in [5.74, 6) is -0.638. The molecule has 0 radical (unpaired) electrons. The molecule has 2 rings (SSSR count). The van der Waals surface area contributed by atoms with E-state index in [-0.39, 0.29) is 23.0 Å².